The Balaban J connectivity index is 0.000000568. The van der Waals surface area contributed by atoms with Gasteiger partial charge >= 0.3 is 11.9 Å². The predicted octanol–water partition coefficient (Wildman–Crippen LogP) is 3.48. The van der Waals surface area contributed by atoms with Crippen LogP contribution < -0.4 is 9.47 Å². The molecule has 1 heterocycles. The van der Waals surface area contributed by atoms with Gasteiger partial charge in [-0.25, -0.2) is 9.59 Å². The van der Waals surface area contributed by atoms with E-state index in [1.165, 1.54) is 0 Å². The lowest BCUT2D eigenvalue weighted by atomic mass is 10.0. The second-order valence-electron chi connectivity index (χ2n) is 8.30. The molecule has 3 aromatic carbocycles. The average Bonchev–Trinajstić information content (AvgIpc) is 2.94. The Morgan fingerprint density at radius 2 is 1.35 bits per heavy atom. The molecule has 0 aromatic heterocycles. The van der Waals surface area contributed by atoms with E-state index in [0.717, 1.165) is 53.4 Å². The molecule has 0 bridgehead atoms. The molecule has 37 heavy (non-hydrogen) atoms. The number of nitrogens with zero attached hydrogens (tertiary/aromatic N) is 2. The van der Waals surface area contributed by atoms with Crippen molar-refractivity contribution < 1.29 is 34.1 Å². The molecule has 4 rings (SSSR count). The predicted molar refractivity (Wildman–Crippen MR) is 138 cm³/mol. The number of carboxylic acids is 2. The molecule has 3 aromatic rings. The van der Waals surface area contributed by atoms with Gasteiger partial charge in [0.25, 0.3) is 5.91 Å². The fourth-order valence-corrected chi connectivity index (χ4v) is 3.97. The molecule has 1 aliphatic rings. The van der Waals surface area contributed by atoms with Gasteiger partial charge in [-0.2, -0.15) is 0 Å². The Hall–Kier alpha value is -4.37. The van der Waals surface area contributed by atoms with Gasteiger partial charge in [0, 0.05) is 43.9 Å². The summed E-state index contributed by atoms with van der Waals surface area (Å²) in [4.78, 5) is 35.5. The van der Waals surface area contributed by atoms with Crippen LogP contribution in [0.2, 0.25) is 0 Å². The van der Waals surface area contributed by atoms with E-state index in [2.05, 4.69) is 17.0 Å². The van der Waals surface area contributed by atoms with Crippen molar-refractivity contribution >= 4 is 17.8 Å². The number of carboxylic acid groups (broad SMARTS) is 2. The van der Waals surface area contributed by atoms with Crippen LogP contribution in [-0.4, -0.2) is 78.3 Å². The van der Waals surface area contributed by atoms with E-state index in [4.69, 9.17) is 29.3 Å². The zero-order chi connectivity index (χ0) is 26.8. The third kappa shape index (κ3) is 7.55. The summed E-state index contributed by atoms with van der Waals surface area (Å²) in [5, 5.41) is 14.8. The van der Waals surface area contributed by atoms with Crippen molar-refractivity contribution in [3.05, 3.63) is 83.9 Å². The number of amides is 1. The molecule has 9 heteroatoms. The molecule has 2 N–H and O–H groups in total. The fraction of sp³-hybridized carbons (Fsp3) is 0.250. The molecule has 1 aliphatic heterocycles. The molecular formula is C28H30N2O7. The summed E-state index contributed by atoms with van der Waals surface area (Å²) in [5.41, 5.74) is 4.11. The Bertz CT molecular complexity index is 1190. The number of piperazine rings is 1. The monoisotopic (exact) mass is 506 g/mol. The Labute approximate surface area is 215 Å². The molecule has 0 radical (unpaired) electrons. The number of benzene rings is 3. The summed E-state index contributed by atoms with van der Waals surface area (Å²) >= 11 is 0. The lowest BCUT2D eigenvalue weighted by Crippen LogP contribution is -2.48. The zero-order valence-electron chi connectivity index (χ0n) is 20.8. The van der Waals surface area contributed by atoms with Crippen LogP contribution in [0, 0.1) is 0 Å². The molecule has 0 spiro atoms. The first-order valence-electron chi connectivity index (χ1n) is 11.7. The Morgan fingerprint density at radius 3 is 1.89 bits per heavy atom. The molecule has 1 fully saturated rings. The molecular weight excluding hydrogens is 476 g/mol. The van der Waals surface area contributed by atoms with E-state index in [0.29, 0.717) is 13.1 Å². The van der Waals surface area contributed by atoms with Crippen LogP contribution in [0.25, 0.3) is 11.1 Å². The van der Waals surface area contributed by atoms with Crippen LogP contribution in [0.5, 0.6) is 11.5 Å². The van der Waals surface area contributed by atoms with Gasteiger partial charge in [-0.05, 0) is 41.5 Å². The van der Waals surface area contributed by atoms with Gasteiger partial charge in [-0.15, -0.1) is 0 Å². The van der Waals surface area contributed by atoms with Crippen LogP contribution >= 0.6 is 0 Å². The lowest BCUT2D eigenvalue weighted by Gasteiger charge is -2.35. The summed E-state index contributed by atoms with van der Waals surface area (Å²) in [6.45, 7) is 3.85. The van der Waals surface area contributed by atoms with E-state index in [9.17, 15) is 4.79 Å². The molecule has 0 saturated carbocycles. The quantitative estimate of drug-likeness (QED) is 0.488. The van der Waals surface area contributed by atoms with E-state index >= 15 is 0 Å². The highest BCUT2D eigenvalue weighted by Gasteiger charge is 2.23. The number of methoxy groups -OCH3 is 2. The van der Waals surface area contributed by atoms with Crippen LogP contribution in [0.1, 0.15) is 15.9 Å². The maximum atomic E-state index is 13.0. The zero-order valence-corrected chi connectivity index (χ0v) is 20.8. The molecule has 1 amide bonds. The summed E-state index contributed by atoms with van der Waals surface area (Å²) < 4.78 is 10.8. The highest BCUT2D eigenvalue weighted by atomic mass is 16.5. The van der Waals surface area contributed by atoms with Crippen molar-refractivity contribution in [2.24, 2.45) is 0 Å². The first-order chi connectivity index (χ1) is 17.8. The number of hydrogen-bond donors (Lipinski definition) is 2. The third-order valence-corrected chi connectivity index (χ3v) is 5.96. The molecule has 0 aliphatic carbocycles. The van der Waals surface area contributed by atoms with Gasteiger partial charge in [0.2, 0.25) is 0 Å². The topological polar surface area (TPSA) is 117 Å². The highest BCUT2D eigenvalue weighted by molar-refractivity contribution is 6.27. The minimum atomic E-state index is -1.82. The van der Waals surface area contributed by atoms with Gasteiger partial charge in [0.1, 0.15) is 11.5 Å². The van der Waals surface area contributed by atoms with Crippen molar-refractivity contribution in [3.8, 4) is 22.6 Å². The second-order valence-corrected chi connectivity index (χ2v) is 8.30. The SMILES string of the molecule is COc1ccc(OC)c(CN2CCN(C(=O)c3ccc(-c4ccccc4)cc3)CC2)c1.O=C(O)C(=O)O. The molecule has 194 valence electrons. The number of rotatable bonds is 6. The van der Waals surface area contributed by atoms with Crippen LogP contribution in [0.15, 0.2) is 72.8 Å². The second kappa shape index (κ2) is 13.1. The van der Waals surface area contributed by atoms with Crippen molar-refractivity contribution in [2.45, 2.75) is 6.54 Å². The van der Waals surface area contributed by atoms with Gasteiger partial charge in [-0.1, -0.05) is 42.5 Å². The number of aliphatic carboxylic acids is 2. The average molecular weight is 507 g/mol. The first kappa shape index (κ1) is 27.2. The Kier molecular flexibility index (Phi) is 9.62. The number of hydrogen-bond acceptors (Lipinski definition) is 6. The van der Waals surface area contributed by atoms with Crippen molar-refractivity contribution in [1.82, 2.24) is 9.80 Å². The van der Waals surface area contributed by atoms with Crippen molar-refractivity contribution in [3.63, 3.8) is 0 Å². The van der Waals surface area contributed by atoms with E-state index in [-0.39, 0.29) is 5.91 Å². The Morgan fingerprint density at radius 1 is 0.757 bits per heavy atom. The summed E-state index contributed by atoms with van der Waals surface area (Å²) in [6.07, 6.45) is 0. The van der Waals surface area contributed by atoms with E-state index in [1.807, 2.05) is 65.6 Å². The molecule has 1 saturated heterocycles. The standard InChI is InChI=1S/C26H28N2O3.C2H2O4/c1-30-24-12-13-25(31-2)23(18-24)19-27-14-16-28(17-15-27)26(29)22-10-8-21(9-11-22)20-6-4-3-5-7-20;3-1(4)2(5)6/h3-13,18H,14-17,19H2,1-2H3;(H,3,4)(H,5,6). The van der Waals surface area contributed by atoms with Crippen LogP contribution in [0.3, 0.4) is 0 Å². The van der Waals surface area contributed by atoms with Crippen LogP contribution in [0.4, 0.5) is 0 Å². The fourth-order valence-electron chi connectivity index (χ4n) is 3.97. The summed E-state index contributed by atoms with van der Waals surface area (Å²) in [5.74, 6) is -1.87. The van der Waals surface area contributed by atoms with E-state index in [1.54, 1.807) is 14.2 Å². The highest BCUT2D eigenvalue weighted by Crippen LogP contribution is 2.26. The van der Waals surface area contributed by atoms with Crippen molar-refractivity contribution in [1.29, 1.82) is 0 Å². The maximum Gasteiger partial charge on any atom is 0.414 e. The van der Waals surface area contributed by atoms with Gasteiger partial charge in [0.15, 0.2) is 0 Å². The summed E-state index contributed by atoms with van der Waals surface area (Å²) in [7, 11) is 3.35. The van der Waals surface area contributed by atoms with E-state index < -0.39 is 11.9 Å². The molecule has 0 atom stereocenters. The maximum absolute atomic E-state index is 13.0. The first-order valence-corrected chi connectivity index (χ1v) is 11.7. The molecule has 0 unspecified atom stereocenters. The third-order valence-electron chi connectivity index (χ3n) is 5.96. The van der Waals surface area contributed by atoms with Gasteiger partial charge in [0.05, 0.1) is 14.2 Å². The van der Waals surface area contributed by atoms with Gasteiger partial charge in [-0.3, -0.25) is 9.69 Å². The number of carbonyl (C=O) groups excluding carboxylic acids is 1. The minimum Gasteiger partial charge on any atom is -0.497 e. The smallest absolute Gasteiger partial charge is 0.414 e. The summed E-state index contributed by atoms with van der Waals surface area (Å²) in [6, 6.07) is 24.0. The minimum absolute atomic E-state index is 0.0956. The van der Waals surface area contributed by atoms with Crippen LogP contribution in [-0.2, 0) is 16.1 Å². The van der Waals surface area contributed by atoms with Crippen molar-refractivity contribution in [2.75, 3.05) is 40.4 Å². The number of ether oxygens (including phenoxy) is 2. The largest absolute Gasteiger partial charge is 0.497 e. The lowest BCUT2D eigenvalue weighted by molar-refractivity contribution is -0.159. The molecule has 9 nitrogen and oxygen atoms in total. The van der Waals surface area contributed by atoms with Gasteiger partial charge < -0.3 is 24.6 Å². The number of carbonyl (C=O) groups is 3. The normalized spacial score (nSPS) is 13.2.